The van der Waals surface area contributed by atoms with Crippen LogP contribution in [0, 0.1) is 6.92 Å². The van der Waals surface area contributed by atoms with E-state index in [-0.39, 0.29) is 5.91 Å². The molecule has 1 amide bonds. The number of carbonyl (C=O) groups is 1. The van der Waals surface area contributed by atoms with Crippen LogP contribution in [0.1, 0.15) is 20.2 Å². The number of thiazole rings is 1. The zero-order valence-corrected chi connectivity index (χ0v) is 11.0. The zero-order valence-electron chi connectivity index (χ0n) is 9.30. The van der Waals surface area contributed by atoms with Crippen molar-refractivity contribution in [1.29, 1.82) is 0 Å². The van der Waals surface area contributed by atoms with Crippen molar-refractivity contribution in [2.75, 3.05) is 0 Å². The topological polar surface area (TPSA) is 42.0 Å². The first-order chi connectivity index (χ1) is 8.16. The van der Waals surface area contributed by atoms with Crippen LogP contribution in [-0.4, -0.2) is 10.9 Å². The number of aromatic nitrogens is 1. The Bertz CT molecular complexity index is 537. The summed E-state index contributed by atoms with van der Waals surface area (Å²) in [4.78, 5) is 17.7. The van der Waals surface area contributed by atoms with Crippen molar-refractivity contribution in [3.05, 3.63) is 45.9 Å². The van der Waals surface area contributed by atoms with E-state index in [1.165, 1.54) is 0 Å². The SMILES string of the molecule is Cc1ncc(CNC(=O)c2ccccc2S)s1. The van der Waals surface area contributed by atoms with Gasteiger partial charge in [0.1, 0.15) is 0 Å². The maximum atomic E-state index is 11.9. The first-order valence-corrected chi connectivity index (χ1v) is 6.40. The number of aryl methyl sites for hydroxylation is 1. The summed E-state index contributed by atoms with van der Waals surface area (Å²) in [6.07, 6.45) is 1.78. The number of hydrogen-bond acceptors (Lipinski definition) is 4. The van der Waals surface area contributed by atoms with E-state index in [0.717, 1.165) is 9.88 Å². The number of amides is 1. The highest BCUT2D eigenvalue weighted by Gasteiger charge is 2.08. The Morgan fingerprint density at radius 3 is 2.88 bits per heavy atom. The summed E-state index contributed by atoms with van der Waals surface area (Å²) in [6.45, 7) is 2.45. The van der Waals surface area contributed by atoms with Crippen LogP contribution in [0.5, 0.6) is 0 Å². The Hall–Kier alpha value is -1.33. The van der Waals surface area contributed by atoms with Gasteiger partial charge in [0.2, 0.25) is 0 Å². The molecule has 17 heavy (non-hydrogen) atoms. The van der Waals surface area contributed by atoms with Crippen LogP contribution in [0.3, 0.4) is 0 Å². The number of hydrogen-bond donors (Lipinski definition) is 2. The van der Waals surface area contributed by atoms with Crippen LogP contribution in [0.4, 0.5) is 0 Å². The van der Waals surface area contributed by atoms with E-state index in [2.05, 4.69) is 22.9 Å². The Balaban J connectivity index is 2.01. The quantitative estimate of drug-likeness (QED) is 0.837. The molecule has 0 saturated carbocycles. The first kappa shape index (κ1) is 12.1. The van der Waals surface area contributed by atoms with E-state index in [9.17, 15) is 4.79 Å². The summed E-state index contributed by atoms with van der Waals surface area (Å²) in [5.74, 6) is -0.110. The maximum Gasteiger partial charge on any atom is 0.252 e. The highest BCUT2D eigenvalue weighted by Crippen LogP contribution is 2.14. The third-order valence-corrected chi connectivity index (χ3v) is 3.54. The van der Waals surface area contributed by atoms with Crippen LogP contribution in [-0.2, 0) is 6.54 Å². The van der Waals surface area contributed by atoms with Crippen LogP contribution < -0.4 is 5.32 Å². The lowest BCUT2D eigenvalue weighted by molar-refractivity contribution is 0.0948. The normalized spacial score (nSPS) is 10.2. The van der Waals surface area contributed by atoms with Crippen LogP contribution in [0.25, 0.3) is 0 Å². The summed E-state index contributed by atoms with van der Waals surface area (Å²) in [6, 6.07) is 7.24. The molecular formula is C12H12N2OS2. The van der Waals surface area contributed by atoms with Gasteiger partial charge in [-0.25, -0.2) is 4.98 Å². The molecule has 0 bridgehead atoms. The average Bonchev–Trinajstić information content (AvgIpc) is 2.73. The molecule has 1 aromatic carbocycles. The minimum Gasteiger partial charge on any atom is -0.347 e. The second-order valence-electron chi connectivity index (χ2n) is 3.55. The van der Waals surface area contributed by atoms with Gasteiger partial charge < -0.3 is 5.32 Å². The van der Waals surface area contributed by atoms with Crippen molar-refractivity contribution in [3.63, 3.8) is 0 Å². The third-order valence-electron chi connectivity index (χ3n) is 2.24. The highest BCUT2D eigenvalue weighted by atomic mass is 32.1. The smallest absolute Gasteiger partial charge is 0.252 e. The van der Waals surface area contributed by atoms with E-state index < -0.39 is 0 Å². The van der Waals surface area contributed by atoms with Gasteiger partial charge in [-0.15, -0.1) is 24.0 Å². The van der Waals surface area contributed by atoms with Gasteiger partial charge in [0.25, 0.3) is 5.91 Å². The molecule has 0 unspecified atom stereocenters. The number of nitrogens with zero attached hydrogens (tertiary/aromatic N) is 1. The molecule has 1 aromatic heterocycles. The summed E-state index contributed by atoms with van der Waals surface area (Å²) >= 11 is 5.84. The van der Waals surface area contributed by atoms with Gasteiger partial charge in [0.15, 0.2) is 0 Å². The number of rotatable bonds is 3. The van der Waals surface area contributed by atoms with Gasteiger partial charge >= 0.3 is 0 Å². The molecule has 0 spiro atoms. The van der Waals surface area contributed by atoms with Gasteiger partial charge in [-0.1, -0.05) is 12.1 Å². The average molecular weight is 264 g/mol. The number of nitrogens with one attached hydrogen (secondary N) is 1. The van der Waals surface area contributed by atoms with E-state index in [4.69, 9.17) is 0 Å². The van der Waals surface area contributed by atoms with Crippen molar-refractivity contribution in [2.45, 2.75) is 18.4 Å². The van der Waals surface area contributed by atoms with E-state index in [0.29, 0.717) is 17.0 Å². The Kier molecular flexibility index (Phi) is 3.81. The molecule has 0 aliphatic rings. The monoisotopic (exact) mass is 264 g/mol. The van der Waals surface area contributed by atoms with Crippen molar-refractivity contribution >= 4 is 29.9 Å². The molecule has 0 aliphatic carbocycles. The fourth-order valence-electron chi connectivity index (χ4n) is 1.42. The lowest BCUT2D eigenvalue weighted by Crippen LogP contribution is -2.22. The van der Waals surface area contributed by atoms with Gasteiger partial charge in [0, 0.05) is 16.0 Å². The fraction of sp³-hybridized carbons (Fsp3) is 0.167. The van der Waals surface area contributed by atoms with Crippen LogP contribution >= 0.6 is 24.0 Å². The van der Waals surface area contributed by atoms with E-state index >= 15 is 0 Å². The second kappa shape index (κ2) is 5.33. The van der Waals surface area contributed by atoms with Crippen molar-refractivity contribution in [1.82, 2.24) is 10.3 Å². The van der Waals surface area contributed by atoms with Gasteiger partial charge in [-0.3, -0.25) is 4.79 Å². The standard InChI is InChI=1S/C12H12N2OS2/c1-8-13-6-9(17-8)7-14-12(15)10-4-2-3-5-11(10)16/h2-6,16H,7H2,1H3,(H,14,15). The molecule has 0 atom stereocenters. The minimum atomic E-state index is -0.110. The summed E-state index contributed by atoms with van der Waals surface area (Å²) in [5.41, 5.74) is 0.595. The largest absolute Gasteiger partial charge is 0.347 e. The molecule has 0 saturated heterocycles. The van der Waals surface area contributed by atoms with Gasteiger partial charge in [-0.2, -0.15) is 0 Å². The first-order valence-electron chi connectivity index (χ1n) is 5.14. The van der Waals surface area contributed by atoms with Crippen molar-refractivity contribution in [2.24, 2.45) is 0 Å². The summed E-state index contributed by atoms with van der Waals surface area (Å²) < 4.78 is 0. The molecule has 0 aliphatic heterocycles. The Labute approximate surface area is 109 Å². The van der Waals surface area contributed by atoms with Crippen molar-refractivity contribution in [3.8, 4) is 0 Å². The molecular weight excluding hydrogens is 252 g/mol. The summed E-state index contributed by atoms with van der Waals surface area (Å²) in [5, 5.41) is 3.86. The molecule has 1 N–H and O–H groups in total. The molecule has 3 nitrogen and oxygen atoms in total. The molecule has 1 heterocycles. The predicted octanol–water partition coefficient (Wildman–Crippen LogP) is 2.67. The third kappa shape index (κ3) is 3.08. The van der Waals surface area contributed by atoms with E-state index in [1.807, 2.05) is 19.1 Å². The number of carbonyl (C=O) groups excluding carboxylic acids is 1. The second-order valence-corrected chi connectivity index (χ2v) is 5.35. The van der Waals surface area contributed by atoms with Gasteiger partial charge in [-0.05, 0) is 19.1 Å². The Morgan fingerprint density at radius 2 is 2.24 bits per heavy atom. The van der Waals surface area contributed by atoms with Gasteiger partial charge in [0.05, 0.1) is 17.1 Å². The zero-order chi connectivity index (χ0) is 12.3. The molecule has 2 aromatic rings. The maximum absolute atomic E-state index is 11.9. The van der Waals surface area contributed by atoms with Crippen LogP contribution in [0.15, 0.2) is 35.4 Å². The molecule has 0 fully saturated rings. The Morgan fingerprint density at radius 1 is 1.47 bits per heavy atom. The summed E-state index contributed by atoms with van der Waals surface area (Å²) in [7, 11) is 0. The fourth-order valence-corrected chi connectivity index (χ4v) is 2.41. The van der Waals surface area contributed by atoms with Crippen LogP contribution in [0.2, 0.25) is 0 Å². The highest BCUT2D eigenvalue weighted by molar-refractivity contribution is 7.80. The minimum absolute atomic E-state index is 0.110. The predicted molar refractivity (Wildman–Crippen MR) is 71.7 cm³/mol. The number of thiol groups is 1. The molecule has 0 radical (unpaired) electrons. The lowest BCUT2D eigenvalue weighted by Gasteiger charge is -2.05. The molecule has 2 rings (SSSR count). The lowest BCUT2D eigenvalue weighted by atomic mass is 10.2. The molecule has 88 valence electrons. The van der Waals surface area contributed by atoms with Crippen molar-refractivity contribution < 1.29 is 4.79 Å². The van der Waals surface area contributed by atoms with E-state index in [1.54, 1.807) is 29.7 Å². The number of benzene rings is 1. The molecule has 5 heteroatoms.